The molecule has 4 rings (SSSR count). The lowest BCUT2D eigenvalue weighted by molar-refractivity contribution is -0.140. The van der Waals surface area contributed by atoms with Gasteiger partial charge >= 0.3 is 12.1 Å². The van der Waals surface area contributed by atoms with E-state index in [-0.39, 0.29) is 28.9 Å². The molecule has 37 heavy (non-hydrogen) atoms. The van der Waals surface area contributed by atoms with Gasteiger partial charge in [-0.1, -0.05) is 66.7 Å². The Morgan fingerprint density at radius 1 is 1.03 bits per heavy atom. The smallest absolute Gasteiger partial charge is 0.417 e. The monoisotopic (exact) mass is 509 g/mol. The molecule has 9 heteroatoms. The number of aryl methyl sites for hydroxylation is 1. The summed E-state index contributed by atoms with van der Waals surface area (Å²) in [5.41, 5.74) is 2.19. The lowest BCUT2D eigenvalue weighted by atomic mass is 9.94. The maximum absolute atomic E-state index is 14.0. The van der Waals surface area contributed by atoms with Gasteiger partial charge in [-0.2, -0.15) is 18.2 Å². The summed E-state index contributed by atoms with van der Waals surface area (Å²) in [4.78, 5) is 15.6. The number of aliphatic carboxylic acids is 1. The van der Waals surface area contributed by atoms with E-state index in [0.717, 1.165) is 17.2 Å². The third-order valence-corrected chi connectivity index (χ3v) is 6.26. The Morgan fingerprint density at radius 2 is 1.70 bits per heavy atom. The van der Waals surface area contributed by atoms with E-state index in [4.69, 9.17) is 4.52 Å². The van der Waals surface area contributed by atoms with E-state index in [1.54, 1.807) is 50.2 Å². The number of carboxylic acids is 1. The number of alkyl halides is 3. The largest absolute Gasteiger partial charge is 0.480 e. The van der Waals surface area contributed by atoms with Gasteiger partial charge in [0.25, 0.3) is 5.89 Å². The van der Waals surface area contributed by atoms with Crippen LogP contribution in [0.5, 0.6) is 0 Å². The quantitative estimate of drug-likeness (QED) is 0.268. The normalized spacial score (nSPS) is 13.4. The molecule has 6 nitrogen and oxygen atoms in total. The third-order valence-electron chi connectivity index (χ3n) is 6.26. The summed E-state index contributed by atoms with van der Waals surface area (Å²) in [5, 5.41) is 16.3. The van der Waals surface area contributed by atoms with Gasteiger partial charge in [-0.05, 0) is 54.7 Å². The summed E-state index contributed by atoms with van der Waals surface area (Å²) in [7, 11) is 0. The Bertz CT molecular complexity index is 1400. The van der Waals surface area contributed by atoms with E-state index in [1.165, 1.54) is 12.1 Å². The van der Waals surface area contributed by atoms with E-state index in [0.29, 0.717) is 17.5 Å². The predicted molar refractivity (Wildman–Crippen MR) is 134 cm³/mol. The minimum atomic E-state index is -4.57. The Labute approximate surface area is 212 Å². The number of hydrogen-bond acceptors (Lipinski definition) is 5. The van der Waals surface area contributed by atoms with Crippen LogP contribution in [0.1, 0.15) is 43.0 Å². The molecule has 1 aromatic heterocycles. The minimum absolute atomic E-state index is 0.0248. The van der Waals surface area contributed by atoms with Crippen molar-refractivity contribution in [1.82, 2.24) is 15.5 Å². The highest BCUT2D eigenvalue weighted by Crippen LogP contribution is 2.40. The van der Waals surface area contributed by atoms with Gasteiger partial charge in [0, 0.05) is 17.2 Å². The van der Waals surface area contributed by atoms with Crippen molar-refractivity contribution >= 4 is 5.97 Å². The number of nitrogens with one attached hydrogen (secondary N) is 1. The molecule has 0 bridgehead atoms. The van der Waals surface area contributed by atoms with Crippen molar-refractivity contribution in [3.05, 3.63) is 83.4 Å². The number of benzene rings is 3. The fourth-order valence-electron chi connectivity index (χ4n) is 4.16. The predicted octanol–water partition coefficient (Wildman–Crippen LogP) is 6.91. The molecule has 0 amide bonds. The summed E-state index contributed by atoms with van der Waals surface area (Å²) in [6.45, 7) is 5.43. The minimum Gasteiger partial charge on any atom is -0.480 e. The second-order valence-corrected chi connectivity index (χ2v) is 8.81. The van der Waals surface area contributed by atoms with E-state index < -0.39 is 23.8 Å². The van der Waals surface area contributed by atoms with Crippen molar-refractivity contribution in [2.75, 3.05) is 0 Å². The summed E-state index contributed by atoms with van der Waals surface area (Å²) >= 11 is 0. The topological polar surface area (TPSA) is 88.3 Å². The summed E-state index contributed by atoms with van der Waals surface area (Å²) in [6.07, 6.45) is -4.13. The number of halogens is 3. The van der Waals surface area contributed by atoms with Crippen molar-refractivity contribution in [3.8, 4) is 34.0 Å². The lowest BCUT2D eigenvalue weighted by Crippen LogP contribution is -2.37. The molecule has 0 radical (unpaired) electrons. The molecule has 4 aromatic rings. The van der Waals surface area contributed by atoms with Crippen LogP contribution in [0.4, 0.5) is 13.2 Å². The van der Waals surface area contributed by atoms with Gasteiger partial charge in [0.05, 0.1) is 5.56 Å². The first-order valence-corrected chi connectivity index (χ1v) is 11.8. The molecule has 1 heterocycles. The highest BCUT2D eigenvalue weighted by molar-refractivity contribution is 5.75. The Hall–Kier alpha value is -3.98. The molecular weight excluding hydrogens is 483 g/mol. The van der Waals surface area contributed by atoms with E-state index >= 15 is 0 Å². The van der Waals surface area contributed by atoms with E-state index in [9.17, 15) is 23.1 Å². The van der Waals surface area contributed by atoms with Gasteiger partial charge in [-0.3, -0.25) is 10.1 Å². The van der Waals surface area contributed by atoms with Crippen LogP contribution in [0.2, 0.25) is 0 Å². The number of hydrogen-bond donors (Lipinski definition) is 2. The average molecular weight is 510 g/mol. The molecule has 0 aliphatic rings. The zero-order valence-corrected chi connectivity index (χ0v) is 20.5. The van der Waals surface area contributed by atoms with Crippen LogP contribution < -0.4 is 5.32 Å². The molecule has 0 spiro atoms. The van der Waals surface area contributed by atoms with Gasteiger partial charge in [0.1, 0.15) is 6.04 Å². The van der Waals surface area contributed by atoms with Crippen molar-refractivity contribution in [3.63, 3.8) is 0 Å². The van der Waals surface area contributed by atoms with Gasteiger partial charge in [0.15, 0.2) is 0 Å². The number of carbonyl (C=O) groups is 1. The fraction of sp³-hybridized carbons (Fsp3) is 0.250. The molecule has 2 atom stereocenters. The van der Waals surface area contributed by atoms with Gasteiger partial charge in [0.2, 0.25) is 5.82 Å². The molecule has 2 unspecified atom stereocenters. The van der Waals surface area contributed by atoms with Gasteiger partial charge in [-0.15, -0.1) is 0 Å². The number of aromatic nitrogens is 2. The Kier molecular flexibility index (Phi) is 7.45. The summed E-state index contributed by atoms with van der Waals surface area (Å²) < 4.78 is 47.2. The van der Waals surface area contributed by atoms with E-state index in [1.807, 2.05) is 19.1 Å². The summed E-state index contributed by atoms with van der Waals surface area (Å²) in [6, 6.07) is 17.2. The molecule has 3 aromatic carbocycles. The molecule has 0 saturated carbocycles. The molecule has 0 fully saturated rings. The van der Waals surface area contributed by atoms with Gasteiger partial charge < -0.3 is 9.63 Å². The van der Waals surface area contributed by atoms with E-state index in [2.05, 4.69) is 15.5 Å². The fourth-order valence-corrected chi connectivity index (χ4v) is 4.16. The second kappa shape index (κ2) is 10.6. The third kappa shape index (κ3) is 5.72. The first-order chi connectivity index (χ1) is 17.6. The number of nitrogens with zero attached hydrogens (tertiary/aromatic N) is 2. The molecule has 0 saturated heterocycles. The average Bonchev–Trinajstić information content (AvgIpc) is 3.37. The van der Waals surface area contributed by atoms with Crippen molar-refractivity contribution < 1.29 is 27.6 Å². The van der Waals surface area contributed by atoms with Gasteiger partial charge in [-0.25, -0.2) is 0 Å². The highest BCUT2D eigenvalue weighted by Gasteiger charge is 2.34. The molecule has 0 aliphatic heterocycles. The van der Waals surface area contributed by atoms with Crippen molar-refractivity contribution in [1.29, 1.82) is 0 Å². The SMILES string of the molecule is CCC(NC(C)c1ccc(-c2noc(-c3ccc(-c4ccccc4C)c(C(F)(F)F)c3)n2)cc1)C(=O)O. The molecule has 192 valence electrons. The van der Waals surface area contributed by atoms with Crippen LogP contribution >= 0.6 is 0 Å². The first kappa shape index (κ1) is 26.1. The highest BCUT2D eigenvalue weighted by atomic mass is 19.4. The number of rotatable bonds is 8. The molecule has 2 N–H and O–H groups in total. The van der Waals surface area contributed by atoms with Crippen molar-refractivity contribution in [2.24, 2.45) is 0 Å². The maximum Gasteiger partial charge on any atom is 0.417 e. The van der Waals surface area contributed by atoms with Crippen LogP contribution in [0.15, 0.2) is 71.3 Å². The second-order valence-electron chi connectivity index (χ2n) is 8.81. The van der Waals surface area contributed by atoms with Crippen molar-refractivity contribution in [2.45, 2.75) is 45.5 Å². The first-order valence-electron chi connectivity index (χ1n) is 11.8. The molecular formula is C28H26F3N3O3. The molecule has 0 aliphatic carbocycles. The lowest BCUT2D eigenvalue weighted by Gasteiger charge is -2.19. The van der Waals surface area contributed by atoms with Crippen LogP contribution in [0.25, 0.3) is 34.0 Å². The summed E-state index contributed by atoms with van der Waals surface area (Å²) in [5.74, 6) is -0.704. The standard InChI is InChI=1S/C28H26F3N3O3/c1-4-24(27(35)36)32-17(3)18-9-11-19(12-10-18)25-33-26(37-34-25)20-13-14-22(23(15-20)28(29,30)31)21-8-6-5-7-16(21)2/h5-15,17,24,32H,4H2,1-3H3,(H,35,36). The maximum atomic E-state index is 14.0. The Morgan fingerprint density at radius 3 is 2.32 bits per heavy atom. The van der Waals surface area contributed by atoms with Crippen LogP contribution in [0, 0.1) is 6.92 Å². The zero-order valence-electron chi connectivity index (χ0n) is 20.5. The van der Waals surface area contributed by atoms with Crippen LogP contribution in [-0.4, -0.2) is 27.3 Å². The number of carboxylic acid groups (broad SMARTS) is 1. The zero-order chi connectivity index (χ0) is 26.7. The van der Waals surface area contributed by atoms with Crippen LogP contribution in [0.3, 0.4) is 0 Å². The Balaban J connectivity index is 1.60. The van der Waals surface area contributed by atoms with Crippen LogP contribution in [-0.2, 0) is 11.0 Å².